The lowest BCUT2D eigenvalue weighted by Crippen LogP contribution is -2.05. The zero-order valence-electron chi connectivity index (χ0n) is 17.6. The average molecular weight is 399 g/mol. The second-order valence-corrected chi connectivity index (χ2v) is 7.84. The van der Waals surface area contributed by atoms with Crippen molar-refractivity contribution in [2.45, 2.75) is 33.6 Å². The highest BCUT2D eigenvalue weighted by Crippen LogP contribution is 2.30. The Morgan fingerprint density at radius 2 is 1.70 bits per heavy atom. The SMILES string of the molecule is Cc1ccc(C)c(-n2nc(-c3ccc(-c4ccc(OC=O)cc4)[nH]3)cc2C(C)C)c1. The molecule has 0 aliphatic carbocycles. The molecule has 2 aromatic carbocycles. The molecule has 0 unspecified atom stereocenters. The van der Waals surface area contributed by atoms with Gasteiger partial charge in [-0.05, 0) is 85.0 Å². The molecule has 0 saturated carbocycles. The fraction of sp³-hybridized carbons (Fsp3) is 0.200. The third-order valence-electron chi connectivity index (χ3n) is 5.23. The first-order valence-electron chi connectivity index (χ1n) is 10.0. The summed E-state index contributed by atoms with van der Waals surface area (Å²) in [6, 6.07) is 20.1. The van der Waals surface area contributed by atoms with Gasteiger partial charge in [-0.2, -0.15) is 5.10 Å². The summed E-state index contributed by atoms with van der Waals surface area (Å²) in [7, 11) is 0. The summed E-state index contributed by atoms with van der Waals surface area (Å²) in [4.78, 5) is 13.9. The number of hydrogen-bond acceptors (Lipinski definition) is 3. The highest BCUT2D eigenvalue weighted by atomic mass is 16.5. The van der Waals surface area contributed by atoms with Crippen LogP contribution in [0, 0.1) is 13.8 Å². The van der Waals surface area contributed by atoms with Crippen LogP contribution in [0.5, 0.6) is 5.75 Å². The number of aryl methyl sites for hydroxylation is 2. The normalized spacial score (nSPS) is 11.1. The molecular formula is C25H25N3O2. The number of aromatic amines is 1. The number of carbonyl (C=O) groups excluding carboxylic acids is 1. The Hall–Kier alpha value is -3.60. The van der Waals surface area contributed by atoms with Crippen molar-refractivity contribution >= 4 is 6.47 Å². The number of ether oxygens (including phenoxy) is 1. The van der Waals surface area contributed by atoms with Crippen LogP contribution in [0.15, 0.2) is 60.7 Å². The first kappa shape index (κ1) is 19.7. The van der Waals surface area contributed by atoms with E-state index < -0.39 is 0 Å². The predicted molar refractivity (Wildman–Crippen MR) is 119 cm³/mol. The van der Waals surface area contributed by atoms with E-state index in [0.29, 0.717) is 18.1 Å². The fourth-order valence-corrected chi connectivity index (χ4v) is 3.56. The number of hydrogen-bond donors (Lipinski definition) is 1. The van der Waals surface area contributed by atoms with Crippen LogP contribution in [0.4, 0.5) is 0 Å². The zero-order valence-corrected chi connectivity index (χ0v) is 17.6. The Kier molecular flexibility index (Phi) is 5.27. The molecule has 4 aromatic rings. The van der Waals surface area contributed by atoms with E-state index in [-0.39, 0.29) is 0 Å². The summed E-state index contributed by atoms with van der Waals surface area (Å²) in [6.07, 6.45) is 0. The standard InChI is InChI=1S/C25H25N3O2/c1-16(2)24-14-23(27-28(24)25-13-17(3)5-6-18(25)4)22-12-11-21(26-22)19-7-9-20(10-8-19)30-15-29/h5-16,26H,1-4H3. The molecule has 2 aromatic heterocycles. The van der Waals surface area contributed by atoms with Crippen molar-refractivity contribution in [2.75, 3.05) is 0 Å². The number of nitrogens with zero attached hydrogens (tertiary/aromatic N) is 2. The molecule has 2 heterocycles. The number of benzene rings is 2. The summed E-state index contributed by atoms with van der Waals surface area (Å²) in [5, 5.41) is 4.95. The average Bonchev–Trinajstić information content (AvgIpc) is 3.38. The van der Waals surface area contributed by atoms with Gasteiger partial charge in [-0.1, -0.05) is 26.0 Å². The van der Waals surface area contributed by atoms with E-state index in [2.05, 4.69) is 61.6 Å². The van der Waals surface area contributed by atoms with Gasteiger partial charge in [0.1, 0.15) is 11.4 Å². The van der Waals surface area contributed by atoms with E-state index in [9.17, 15) is 4.79 Å². The van der Waals surface area contributed by atoms with Crippen molar-refractivity contribution in [3.63, 3.8) is 0 Å². The molecule has 0 amide bonds. The topological polar surface area (TPSA) is 59.9 Å². The lowest BCUT2D eigenvalue weighted by Gasteiger charge is -2.13. The first-order chi connectivity index (χ1) is 14.5. The minimum atomic E-state index is 0.339. The predicted octanol–water partition coefficient (Wildman–Crippen LogP) is 5.81. The number of nitrogens with one attached hydrogen (secondary N) is 1. The Bertz CT molecular complexity index is 1180. The third-order valence-corrected chi connectivity index (χ3v) is 5.23. The molecule has 1 N–H and O–H groups in total. The van der Waals surface area contributed by atoms with E-state index in [1.807, 2.05) is 24.3 Å². The quantitative estimate of drug-likeness (QED) is 0.416. The van der Waals surface area contributed by atoms with Gasteiger partial charge in [0.2, 0.25) is 0 Å². The van der Waals surface area contributed by atoms with Crippen LogP contribution in [-0.4, -0.2) is 21.2 Å². The number of aromatic nitrogens is 3. The fourth-order valence-electron chi connectivity index (χ4n) is 3.56. The van der Waals surface area contributed by atoms with Gasteiger partial charge in [-0.25, -0.2) is 4.68 Å². The van der Waals surface area contributed by atoms with Gasteiger partial charge >= 0.3 is 0 Å². The van der Waals surface area contributed by atoms with E-state index in [1.54, 1.807) is 12.1 Å². The second-order valence-electron chi connectivity index (χ2n) is 7.84. The van der Waals surface area contributed by atoms with E-state index in [0.717, 1.165) is 28.3 Å². The number of H-pyrrole nitrogens is 1. The van der Waals surface area contributed by atoms with Gasteiger partial charge in [0.25, 0.3) is 6.47 Å². The minimum Gasteiger partial charge on any atom is -0.429 e. The van der Waals surface area contributed by atoms with Gasteiger partial charge in [0, 0.05) is 11.4 Å². The van der Waals surface area contributed by atoms with Crippen molar-refractivity contribution in [1.29, 1.82) is 0 Å². The van der Waals surface area contributed by atoms with Crippen LogP contribution < -0.4 is 4.74 Å². The summed E-state index contributed by atoms with van der Waals surface area (Å²) in [5.41, 5.74) is 8.56. The summed E-state index contributed by atoms with van der Waals surface area (Å²) >= 11 is 0. The van der Waals surface area contributed by atoms with Crippen molar-refractivity contribution in [1.82, 2.24) is 14.8 Å². The molecule has 0 radical (unpaired) electrons. The highest BCUT2D eigenvalue weighted by Gasteiger charge is 2.16. The van der Waals surface area contributed by atoms with Gasteiger partial charge in [-0.15, -0.1) is 0 Å². The largest absolute Gasteiger partial charge is 0.429 e. The Labute approximate surface area is 176 Å². The minimum absolute atomic E-state index is 0.339. The second kappa shape index (κ2) is 8.03. The van der Waals surface area contributed by atoms with Crippen LogP contribution in [0.1, 0.15) is 36.6 Å². The Balaban J connectivity index is 1.72. The van der Waals surface area contributed by atoms with Gasteiger partial charge in [0.05, 0.1) is 11.4 Å². The molecule has 30 heavy (non-hydrogen) atoms. The van der Waals surface area contributed by atoms with Crippen LogP contribution >= 0.6 is 0 Å². The molecular weight excluding hydrogens is 374 g/mol. The lowest BCUT2D eigenvalue weighted by atomic mass is 10.1. The molecule has 5 nitrogen and oxygen atoms in total. The van der Waals surface area contributed by atoms with E-state index in [4.69, 9.17) is 9.84 Å². The molecule has 4 rings (SSSR count). The molecule has 0 saturated heterocycles. The molecule has 0 spiro atoms. The first-order valence-corrected chi connectivity index (χ1v) is 10.0. The Morgan fingerprint density at radius 1 is 0.967 bits per heavy atom. The Morgan fingerprint density at radius 3 is 2.40 bits per heavy atom. The maximum absolute atomic E-state index is 10.5. The molecule has 0 aliphatic heterocycles. The zero-order chi connectivity index (χ0) is 21.3. The number of carbonyl (C=O) groups is 1. The van der Waals surface area contributed by atoms with Gasteiger partial charge in [0.15, 0.2) is 0 Å². The summed E-state index contributed by atoms with van der Waals surface area (Å²) in [5.74, 6) is 0.861. The molecule has 152 valence electrons. The number of rotatable bonds is 6. The van der Waals surface area contributed by atoms with E-state index >= 15 is 0 Å². The summed E-state index contributed by atoms with van der Waals surface area (Å²) in [6.45, 7) is 9.02. The lowest BCUT2D eigenvalue weighted by molar-refractivity contribution is -0.120. The van der Waals surface area contributed by atoms with Crippen LogP contribution in [-0.2, 0) is 4.79 Å². The van der Waals surface area contributed by atoms with Crippen LogP contribution in [0.2, 0.25) is 0 Å². The van der Waals surface area contributed by atoms with Crippen LogP contribution in [0.3, 0.4) is 0 Å². The van der Waals surface area contributed by atoms with Gasteiger partial charge in [-0.3, -0.25) is 4.79 Å². The van der Waals surface area contributed by atoms with Crippen molar-refractivity contribution in [2.24, 2.45) is 0 Å². The molecule has 0 atom stereocenters. The molecule has 0 aliphatic rings. The maximum Gasteiger partial charge on any atom is 0.298 e. The molecule has 5 heteroatoms. The third kappa shape index (κ3) is 3.79. The monoisotopic (exact) mass is 399 g/mol. The van der Waals surface area contributed by atoms with E-state index in [1.165, 1.54) is 16.8 Å². The summed E-state index contributed by atoms with van der Waals surface area (Å²) < 4.78 is 6.93. The van der Waals surface area contributed by atoms with Gasteiger partial charge < -0.3 is 9.72 Å². The highest BCUT2D eigenvalue weighted by molar-refractivity contribution is 5.67. The maximum atomic E-state index is 10.5. The van der Waals surface area contributed by atoms with Crippen molar-refractivity contribution < 1.29 is 9.53 Å². The molecule has 0 bridgehead atoms. The van der Waals surface area contributed by atoms with Crippen molar-refractivity contribution in [3.8, 4) is 34.1 Å². The van der Waals surface area contributed by atoms with Crippen molar-refractivity contribution in [3.05, 3.63) is 77.5 Å². The molecule has 0 fully saturated rings. The smallest absolute Gasteiger partial charge is 0.298 e. The van der Waals surface area contributed by atoms with Crippen LogP contribution in [0.25, 0.3) is 28.3 Å².